The van der Waals surface area contributed by atoms with E-state index in [9.17, 15) is 14.4 Å². The fourth-order valence-electron chi connectivity index (χ4n) is 3.34. The van der Waals surface area contributed by atoms with Crippen LogP contribution in [0, 0.1) is 0 Å². The van der Waals surface area contributed by atoms with Crippen LogP contribution in [0.4, 0.5) is 0 Å². The van der Waals surface area contributed by atoms with Gasteiger partial charge in [-0.1, -0.05) is 43.7 Å². The number of aromatic nitrogens is 4. The smallest absolute Gasteiger partial charge is 0.332 e. The molecule has 0 fully saturated rings. The molecule has 0 atom stereocenters. The van der Waals surface area contributed by atoms with Crippen molar-refractivity contribution in [3.05, 3.63) is 63.1 Å². The summed E-state index contributed by atoms with van der Waals surface area (Å²) in [6.07, 6.45) is 3.84. The Hall–Kier alpha value is -3.16. The van der Waals surface area contributed by atoms with Gasteiger partial charge in [0, 0.05) is 26.1 Å². The van der Waals surface area contributed by atoms with Crippen molar-refractivity contribution in [2.24, 2.45) is 0 Å². The van der Waals surface area contributed by atoms with Gasteiger partial charge in [-0.2, -0.15) is 0 Å². The lowest BCUT2D eigenvalue weighted by molar-refractivity contribution is -0.140. The first-order valence-corrected chi connectivity index (χ1v) is 9.86. The highest BCUT2D eigenvalue weighted by Crippen LogP contribution is 2.11. The topological polar surface area (TPSA) is 88.1 Å². The van der Waals surface area contributed by atoms with Gasteiger partial charge in [0.1, 0.15) is 0 Å². The highest BCUT2D eigenvalue weighted by atomic mass is 16.5. The second kappa shape index (κ2) is 9.36. The van der Waals surface area contributed by atoms with Crippen molar-refractivity contribution in [3.8, 4) is 0 Å². The number of benzene rings is 1. The molecular weight excluding hydrogens is 372 g/mol. The number of unbranched alkanes of at least 4 members (excludes halogenated alkanes) is 1. The first kappa shape index (κ1) is 20.6. The molecule has 2 heterocycles. The molecule has 2 aromatic heterocycles. The molecule has 29 heavy (non-hydrogen) atoms. The Labute approximate surface area is 168 Å². The fraction of sp³-hybridized carbons (Fsp3) is 0.429. The summed E-state index contributed by atoms with van der Waals surface area (Å²) in [7, 11) is 1.32. The van der Waals surface area contributed by atoms with Gasteiger partial charge in [-0.3, -0.25) is 18.7 Å². The van der Waals surface area contributed by atoms with E-state index in [4.69, 9.17) is 0 Å². The Kier molecular flexibility index (Phi) is 6.64. The Bertz CT molecular complexity index is 1100. The number of methoxy groups -OCH3 is 1. The van der Waals surface area contributed by atoms with Gasteiger partial charge in [-0.25, -0.2) is 9.78 Å². The summed E-state index contributed by atoms with van der Waals surface area (Å²) >= 11 is 0. The van der Waals surface area contributed by atoms with Gasteiger partial charge in [-0.05, 0) is 18.4 Å². The van der Waals surface area contributed by atoms with Crippen molar-refractivity contribution < 1.29 is 9.53 Å². The number of ether oxygens (including phenoxy) is 1. The average Bonchev–Trinajstić information content (AvgIpc) is 3.14. The number of carbonyl (C=O) groups excluding carboxylic acids is 1. The molecule has 0 aliphatic carbocycles. The van der Waals surface area contributed by atoms with Crippen LogP contribution in [0.25, 0.3) is 11.2 Å². The third kappa shape index (κ3) is 4.47. The number of nitrogens with zero attached hydrogens (tertiary/aromatic N) is 4. The molecule has 8 heteroatoms. The van der Waals surface area contributed by atoms with E-state index in [-0.39, 0.29) is 30.2 Å². The number of hydrogen-bond donors (Lipinski definition) is 0. The number of esters is 1. The van der Waals surface area contributed by atoms with Gasteiger partial charge in [0.2, 0.25) is 0 Å². The molecule has 0 saturated heterocycles. The predicted molar refractivity (Wildman–Crippen MR) is 110 cm³/mol. The van der Waals surface area contributed by atoms with E-state index < -0.39 is 0 Å². The number of rotatable bonds is 9. The van der Waals surface area contributed by atoms with Crippen LogP contribution in [-0.4, -0.2) is 31.8 Å². The molecule has 0 unspecified atom stereocenters. The molecule has 0 N–H and O–H groups in total. The van der Waals surface area contributed by atoms with Crippen LogP contribution in [0.5, 0.6) is 0 Å². The second-order valence-electron chi connectivity index (χ2n) is 6.95. The lowest BCUT2D eigenvalue weighted by Crippen LogP contribution is -2.41. The minimum Gasteiger partial charge on any atom is -0.469 e. The lowest BCUT2D eigenvalue weighted by Gasteiger charge is -2.12. The minimum atomic E-state index is -0.384. The first-order valence-electron chi connectivity index (χ1n) is 9.86. The highest BCUT2D eigenvalue weighted by Gasteiger charge is 2.18. The predicted octanol–water partition coefficient (Wildman–Crippen LogP) is 2.16. The van der Waals surface area contributed by atoms with Crippen LogP contribution in [0.3, 0.4) is 0 Å². The van der Waals surface area contributed by atoms with Gasteiger partial charge in [0.15, 0.2) is 11.2 Å². The van der Waals surface area contributed by atoms with Gasteiger partial charge < -0.3 is 9.30 Å². The van der Waals surface area contributed by atoms with Crippen molar-refractivity contribution in [1.82, 2.24) is 18.7 Å². The maximum absolute atomic E-state index is 13.2. The molecule has 0 amide bonds. The van der Waals surface area contributed by atoms with Crippen LogP contribution in [0.15, 0.2) is 46.2 Å². The van der Waals surface area contributed by atoms with Gasteiger partial charge in [0.25, 0.3) is 5.56 Å². The number of carbonyl (C=O) groups is 1. The zero-order valence-electron chi connectivity index (χ0n) is 16.8. The van der Waals surface area contributed by atoms with E-state index in [2.05, 4.69) is 9.72 Å². The van der Waals surface area contributed by atoms with E-state index in [0.29, 0.717) is 30.7 Å². The summed E-state index contributed by atoms with van der Waals surface area (Å²) < 4.78 is 9.21. The highest BCUT2D eigenvalue weighted by molar-refractivity contribution is 5.70. The maximum Gasteiger partial charge on any atom is 0.332 e. The zero-order chi connectivity index (χ0) is 20.8. The van der Waals surface area contributed by atoms with E-state index in [1.807, 2.05) is 37.3 Å². The molecule has 154 valence electrons. The van der Waals surface area contributed by atoms with Crippen LogP contribution in [-0.2, 0) is 29.2 Å². The molecule has 0 radical (unpaired) electrons. The summed E-state index contributed by atoms with van der Waals surface area (Å²) in [5, 5.41) is 0. The van der Waals surface area contributed by atoms with Crippen molar-refractivity contribution in [2.75, 3.05) is 7.11 Å². The summed E-state index contributed by atoms with van der Waals surface area (Å²) in [5.41, 5.74) is 1.09. The maximum atomic E-state index is 13.2. The summed E-state index contributed by atoms with van der Waals surface area (Å²) in [4.78, 5) is 41.9. The van der Waals surface area contributed by atoms with Gasteiger partial charge >= 0.3 is 11.7 Å². The SMILES string of the molecule is CCCCn1c(=O)n(CCCC(=O)OC)c(=O)c2c1ncn2Cc1ccccc1. The summed E-state index contributed by atoms with van der Waals surface area (Å²) in [6.45, 7) is 3.18. The Morgan fingerprint density at radius 2 is 1.79 bits per heavy atom. The van der Waals surface area contributed by atoms with Crippen LogP contribution >= 0.6 is 0 Å². The number of hydrogen-bond acceptors (Lipinski definition) is 5. The molecule has 0 bridgehead atoms. The monoisotopic (exact) mass is 398 g/mol. The van der Waals surface area contributed by atoms with E-state index in [0.717, 1.165) is 18.4 Å². The number of aryl methyl sites for hydroxylation is 1. The number of fused-ring (bicyclic) bond motifs is 1. The van der Waals surface area contributed by atoms with Gasteiger partial charge in [0.05, 0.1) is 13.4 Å². The Morgan fingerprint density at radius 3 is 2.48 bits per heavy atom. The minimum absolute atomic E-state index is 0.151. The molecule has 3 rings (SSSR count). The Morgan fingerprint density at radius 1 is 1.07 bits per heavy atom. The van der Waals surface area contributed by atoms with Crippen LogP contribution < -0.4 is 11.2 Å². The van der Waals surface area contributed by atoms with E-state index >= 15 is 0 Å². The normalized spacial score (nSPS) is 11.1. The van der Waals surface area contributed by atoms with Crippen molar-refractivity contribution in [2.45, 2.75) is 52.2 Å². The number of imidazole rings is 1. The van der Waals surface area contributed by atoms with E-state index in [1.54, 1.807) is 15.5 Å². The lowest BCUT2D eigenvalue weighted by atomic mass is 10.2. The Balaban J connectivity index is 2.06. The molecule has 0 saturated carbocycles. The van der Waals surface area contributed by atoms with Crippen LogP contribution in [0.2, 0.25) is 0 Å². The largest absolute Gasteiger partial charge is 0.469 e. The molecule has 1 aromatic carbocycles. The van der Waals surface area contributed by atoms with E-state index in [1.165, 1.54) is 11.7 Å². The average molecular weight is 398 g/mol. The third-order valence-corrected chi connectivity index (χ3v) is 4.90. The molecular formula is C21H26N4O4. The molecule has 0 spiro atoms. The standard InChI is InChI=1S/C21H26N4O4/c1-3-4-12-24-19-18(23(15-22-19)14-16-9-6-5-7-10-16)20(27)25(21(24)28)13-8-11-17(26)29-2/h5-7,9-10,15H,3-4,8,11-14H2,1-2H3. The molecule has 3 aromatic rings. The summed E-state index contributed by atoms with van der Waals surface area (Å²) in [6, 6.07) is 9.78. The van der Waals surface area contributed by atoms with Crippen molar-refractivity contribution >= 4 is 17.1 Å². The molecule has 8 nitrogen and oxygen atoms in total. The zero-order valence-corrected chi connectivity index (χ0v) is 16.8. The van der Waals surface area contributed by atoms with Gasteiger partial charge in [-0.15, -0.1) is 0 Å². The second-order valence-corrected chi connectivity index (χ2v) is 6.95. The molecule has 0 aliphatic heterocycles. The fourth-order valence-corrected chi connectivity index (χ4v) is 3.34. The summed E-state index contributed by atoms with van der Waals surface area (Å²) in [5.74, 6) is -0.362. The third-order valence-electron chi connectivity index (χ3n) is 4.90. The van der Waals surface area contributed by atoms with Crippen molar-refractivity contribution in [1.29, 1.82) is 0 Å². The van der Waals surface area contributed by atoms with Crippen LogP contribution in [0.1, 0.15) is 38.2 Å². The van der Waals surface area contributed by atoms with Crippen molar-refractivity contribution in [3.63, 3.8) is 0 Å². The first-order chi connectivity index (χ1) is 14.1. The quantitative estimate of drug-likeness (QED) is 0.516. The molecule has 0 aliphatic rings.